The number of hydrogen-bond donors (Lipinski definition) is 0. The molecule has 0 bridgehead atoms. The van der Waals surface area contributed by atoms with E-state index in [9.17, 15) is 0 Å². The van der Waals surface area contributed by atoms with Gasteiger partial charge < -0.3 is 4.74 Å². The van der Waals surface area contributed by atoms with Crippen LogP contribution >= 0.6 is 0 Å². The van der Waals surface area contributed by atoms with E-state index in [1.807, 2.05) is 37.6 Å². The molecule has 0 unspecified atom stereocenters. The number of aromatic nitrogens is 2. The molecule has 0 amide bonds. The van der Waals surface area contributed by atoms with Crippen molar-refractivity contribution < 1.29 is 4.74 Å². The summed E-state index contributed by atoms with van der Waals surface area (Å²) in [4.78, 5) is 0. The summed E-state index contributed by atoms with van der Waals surface area (Å²) in [5.74, 6) is 0.742. The van der Waals surface area contributed by atoms with Gasteiger partial charge in [0.05, 0.1) is 13.3 Å². The molecule has 71 valence electrons. The van der Waals surface area contributed by atoms with E-state index in [0.29, 0.717) is 0 Å². The molecule has 1 radical (unpaired) electrons. The highest BCUT2D eigenvalue weighted by Gasteiger charge is 2.01. The van der Waals surface area contributed by atoms with Gasteiger partial charge in [-0.2, -0.15) is 5.10 Å². The quantitative estimate of drug-likeness (QED) is 0.718. The first kappa shape index (κ1) is 8.81. The molecule has 0 aliphatic heterocycles. The summed E-state index contributed by atoms with van der Waals surface area (Å²) < 4.78 is 6.88. The maximum atomic E-state index is 5.10. The Hall–Kier alpha value is -1.77. The van der Waals surface area contributed by atoms with Crippen LogP contribution in [0.5, 0.6) is 5.75 Å². The Balaban J connectivity index is 2.41. The third kappa shape index (κ3) is 1.62. The molecule has 0 atom stereocenters. The molecule has 3 nitrogen and oxygen atoms in total. The molecule has 0 saturated carbocycles. The molecule has 1 aromatic heterocycles. The van der Waals surface area contributed by atoms with E-state index in [1.54, 1.807) is 11.8 Å². The lowest BCUT2D eigenvalue weighted by Gasteiger charge is -2.00. The average Bonchev–Trinajstić information content (AvgIpc) is 2.65. The number of ether oxygens (including phenoxy) is 1. The van der Waals surface area contributed by atoms with E-state index in [4.69, 9.17) is 4.74 Å². The third-order valence-electron chi connectivity index (χ3n) is 2.03. The summed E-state index contributed by atoms with van der Waals surface area (Å²) in [6.07, 6.45) is 3.80. The van der Waals surface area contributed by atoms with Gasteiger partial charge in [0, 0.05) is 24.9 Å². The molecule has 1 heterocycles. The fraction of sp³-hybridized carbons (Fsp3) is 0.182. The van der Waals surface area contributed by atoms with Crippen molar-refractivity contribution in [1.82, 2.24) is 9.78 Å². The van der Waals surface area contributed by atoms with Crippen LogP contribution in [0.25, 0.3) is 11.1 Å². The molecule has 2 rings (SSSR count). The number of aryl methyl sites for hydroxylation is 1. The minimum absolute atomic E-state index is 0.742. The Morgan fingerprint density at radius 1 is 1.43 bits per heavy atom. The normalized spacial score (nSPS) is 10.1. The van der Waals surface area contributed by atoms with Crippen molar-refractivity contribution in [3.63, 3.8) is 0 Å². The third-order valence-corrected chi connectivity index (χ3v) is 2.03. The first-order valence-corrected chi connectivity index (χ1v) is 4.34. The molecule has 3 heteroatoms. The molecule has 1 aromatic carbocycles. The van der Waals surface area contributed by atoms with E-state index >= 15 is 0 Å². The van der Waals surface area contributed by atoms with Crippen LogP contribution in [0.2, 0.25) is 0 Å². The van der Waals surface area contributed by atoms with E-state index in [0.717, 1.165) is 16.9 Å². The monoisotopic (exact) mass is 187 g/mol. The van der Waals surface area contributed by atoms with Crippen LogP contribution in [0.3, 0.4) is 0 Å². The first-order chi connectivity index (χ1) is 6.79. The number of methoxy groups -OCH3 is 1. The van der Waals surface area contributed by atoms with Gasteiger partial charge in [0.1, 0.15) is 5.75 Å². The molecular formula is C11H11N2O. The van der Waals surface area contributed by atoms with Gasteiger partial charge in [-0.15, -0.1) is 0 Å². The van der Waals surface area contributed by atoms with Crippen LogP contribution in [0, 0.1) is 6.07 Å². The Morgan fingerprint density at radius 3 is 2.93 bits per heavy atom. The number of hydrogen-bond acceptors (Lipinski definition) is 2. The van der Waals surface area contributed by atoms with Gasteiger partial charge in [0.15, 0.2) is 0 Å². The second-order valence-electron chi connectivity index (χ2n) is 3.05. The van der Waals surface area contributed by atoms with E-state index in [1.165, 1.54) is 0 Å². The number of rotatable bonds is 2. The van der Waals surface area contributed by atoms with Crippen LogP contribution in [0.1, 0.15) is 0 Å². The second-order valence-corrected chi connectivity index (χ2v) is 3.05. The van der Waals surface area contributed by atoms with Crippen molar-refractivity contribution in [2.24, 2.45) is 7.05 Å². The second kappa shape index (κ2) is 3.54. The standard InChI is InChI=1S/C11H11N2O/c1-13-8-10(7-12-13)9-4-3-5-11(6-9)14-2/h3-4,6-8H,1-2H3. The van der Waals surface area contributed by atoms with Gasteiger partial charge in [0.2, 0.25) is 0 Å². The number of benzene rings is 1. The molecule has 14 heavy (non-hydrogen) atoms. The summed E-state index contributed by atoms with van der Waals surface area (Å²) in [6.45, 7) is 0. The smallest absolute Gasteiger partial charge is 0.127 e. The van der Waals surface area contributed by atoms with Gasteiger partial charge >= 0.3 is 0 Å². The minimum atomic E-state index is 0.742. The van der Waals surface area contributed by atoms with Crippen LogP contribution < -0.4 is 4.74 Å². The Labute approximate surface area is 82.9 Å². The van der Waals surface area contributed by atoms with Gasteiger partial charge in [-0.3, -0.25) is 4.68 Å². The number of nitrogens with zero attached hydrogens (tertiary/aromatic N) is 2. The molecule has 0 aliphatic carbocycles. The highest BCUT2D eigenvalue weighted by Crippen LogP contribution is 2.22. The van der Waals surface area contributed by atoms with Crippen LogP contribution in [0.15, 0.2) is 30.6 Å². The van der Waals surface area contributed by atoms with Crippen molar-refractivity contribution in [3.8, 4) is 16.9 Å². The lowest BCUT2D eigenvalue weighted by molar-refractivity contribution is 0.414. The lowest BCUT2D eigenvalue weighted by atomic mass is 10.1. The minimum Gasteiger partial charge on any atom is -0.496 e. The van der Waals surface area contributed by atoms with E-state index in [-0.39, 0.29) is 0 Å². The fourth-order valence-corrected chi connectivity index (χ4v) is 1.31. The van der Waals surface area contributed by atoms with Crippen LogP contribution in [0.4, 0.5) is 0 Å². The van der Waals surface area contributed by atoms with Gasteiger partial charge in [-0.1, -0.05) is 6.07 Å². The van der Waals surface area contributed by atoms with Crippen molar-refractivity contribution >= 4 is 0 Å². The summed E-state index contributed by atoms with van der Waals surface area (Å²) >= 11 is 0. The summed E-state index contributed by atoms with van der Waals surface area (Å²) in [5, 5.41) is 4.11. The van der Waals surface area contributed by atoms with Crippen molar-refractivity contribution in [2.45, 2.75) is 0 Å². The Kier molecular flexibility index (Phi) is 2.23. The zero-order chi connectivity index (χ0) is 9.97. The molecule has 0 aliphatic rings. The predicted molar refractivity (Wildman–Crippen MR) is 54.0 cm³/mol. The first-order valence-electron chi connectivity index (χ1n) is 4.34. The van der Waals surface area contributed by atoms with Gasteiger partial charge in [-0.05, 0) is 17.7 Å². The molecular weight excluding hydrogens is 176 g/mol. The van der Waals surface area contributed by atoms with Crippen LogP contribution in [-0.2, 0) is 7.05 Å². The summed E-state index contributed by atoms with van der Waals surface area (Å²) in [6, 6.07) is 8.76. The van der Waals surface area contributed by atoms with E-state index in [2.05, 4.69) is 11.2 Å². The zero-order valence-corrected chi connectivity index (χ0v) is 8.19. The predicted octanol–water partition coefficient (Wildman–Crippen LogP) is 1.90. The highest BCUT2D eigenvalue weighted by molar-refractivity contribution is 5.63. The maximum absolute atomic E-state index is 5.10. The SMILES string of the molecule is COc1[c]ccc(-c2cnn(C)c2)c1. The molecule has 0 saturated heterocycles. The average molecular weight is 187 g/mol. The maximum Gasteiger partial charge on any atom is 0.127 e. The molecule has 2 aromatic rings. The van der Waals surface area contributed by atoms with Crippen molar-refractivity contribution in [3.05, 3.63) is 36.7 Å². The van der Waals surface area contributed by atoms with Crippen molar-refractivity contribution in [2.75, 3.05) is 7.11 Å². The zero-order valence-electron chi connectivity index (χ0n) is 8.19. The van der Waals surface area contributed by atoms with E-state index < -0.39 is 0 Å². The van der Waals surface area contributed by atoms with Gasteiger partial charge in [-0.25, -0.2) is 0 Å². The largest absolute Gasteiger partial charge is 0.496 e. The molecule has 0 fully saturated rings. The summed E-state index contributed by atoms with van der Waals surface area (Å²) in [5.41, 5.74) is 2.17. The Bertz CT molecular complexity index is 434. The highest BCUT2D eigenvalue weighted by atomic mass is 16.5. The molecule has 0 spiro atoms. The topological polar surface area (TPSA) is 27.1 Å². The van der Waals surface area contributed by atoms with Crippen LogP contribution in [-0.4, -0.2) is 16.9 Å². The fourth-order valence-electron chi connectivity index (χ4n) is 1.31. The lowest BCUT2D eigenvalue weighted by Crippen LogP contribution is -1.84. The van der Waals surface area contributed by atoms with Crippen molar-refractivity contribution in [1.29, 1.82) is 0 Å². The Morgan fingerprint density at radius 2 is 2.29 bits per heavy atom. The van der Waals surface area contributed by atoms with Gasteiger partial charge in [0.25, 0.3) is 0 Å². The summed E-state index contributed by atoms with van der Waals surface area (Å²) in [7, 11) is 3.54. The molecule has 0 N–H and O–H groups in total.